The van der Waals surface area contributed by atoms with Gasteiger partial charge in [-0.25, -0.2) is 0 Å². The van der Waals surface area contributed by atoms with Crippen molar-refractivity contribution in [1.29, 1.82) is 0 Å². The Morgan fingerprint density at radius 1 is 1.19 bits per heavy atom. The standard InChI is InChI=1S/C13H16O2Si/c1-3-16(4-2)14-12-9-8-10-6-5-7-11(10)13(12)15-16/h5,7-9H,3-4,6H2,1-2H3. The summed E-state index contributed by atoms with van der Waals surface area (Å²) in [6.07, 6.45) is 5.37. The molecule has 3 heteroatoms. The molecular formula is C13H16O2Si. The number of hydrogen-bond acceptors (Lipinski definition) is 2. The Hall–Kier alpha value is -1.22. The number of allylic oxidation sites excluding steroid dienone is 1. The van der Waals surface area contributed by atoms with Gasteiger partial charge in [0.15, 0.2) is 5.75 Å². The van der Waals surface area contributed by atoms with Gasteiger partial charge in [-0.1, -0.05) is 32.1 Å². The average molecular weight is 232 g/mol. The van der Waals surface area contributed by atoms with E-state index in [0.717, 1.165) is 30.0 Å². The molecule has 0 saturated carbocycles. The molecule has 1 aromatic carbocycles. The topological polar surface area (TPSA) is 18.5 Å². The van der Waals surface area contributed by atoms with E-state index in [0.29, 0.717) is 0 Å². The van der Waals surface area contributed by atoms with Gasteiger partial charge in [-0.2, -0.15) is 0 Å². The summed E-state index contributed by atoms with van der Waals surface area (Å²) in [7, 11) is -1.96. The Balaban J connectivity index is 2.07. The molecule has 1 aromatic rings. The smallest absolute Gasteiger partial charge is 0.460 e. The van der Waals surface area contributed by atoms with Crippen molar-refractivity contribution in [2.24, 2.45) is 0 Å². The molecule has 84 valence electrons. The van der Waals surface area contributed by atoms with E-state index in [-0.39, 0.29) is 0 Å². The zero-order valence-corrected chi connectivity index (χ0v) is 10.7. The van der Waals surface area contributed by atoms with E-state index < -0.39 is 8.56 Å². The molecule has 0 radical (unpaired) electrons. The van der Waals surface area contributed by atoms with E-state index >= 15 is 0 Å². The molecule has 16 heavy (non-hydrogen) atoms. The summed E-state index contributed by atoms with van der Waals surface area (Å²) in [5.41, 5.74) is 2.60. The SMILES string of the molecule is CC[Si]1(CC)Oc2ccc3c(c2O1)C=CC3. The summed E-state index contributed by atoms with van der Waals surface area (Å²) in [4.78, 5) is 0. The second-order valence-electron chi connectivity index (χ2n) is 4.39. The summed E-state index contributed by atoms with van der Waals surface area (Å²) >= 11 is 0. The van der Waals surface area contributed by atoms with Crippen LogP contribution in [0.3, 0.4) is 0 Å². The minimum absolute atomic E-state index is 0.959. The third-order valence-electron chi connectivity index (χ3n) is 3.53. The predicted molar refractivity (Wildman–Crippen MR) is 67.2 cm³/mol. The second kappa shape index (κ2) is 3.38. The van der Waals surface area contributed by atoms with Gasteiger partial charge in [0.2, 0.25) is 0 Å². The van der Waals surface area contributed by atoms with Crippen LogP contribution in [0.2, 0.25) is 12.1 Å². The van der Waals surface area contributed by atoms with Crippen LogP contribution in [0.25, 0.3) is 6.08 Å². The van der Waals surface area contributed by atoms with Gasteiger partial charge < -0.3 is 8.85 Å². The Morgan fingerprint density at radius 2 is 2.00 bits per heavy atom. The molecule has 0 bridgehead atoms. The van der Waals surface area contributed by atoms with Crippen molar-refractivity contribution in [2.75, 3.05) is 0 Å². The van der Waals surface area contributed by atoms with E-state index in [1.807, 2.05) is 0 Å². The Morgan fingerprint density at radius 3 is 2.75 bits per heavy atom. The first-order valence-corrected chi connectivity index (χ1v) is 8.21. The first-order chi connectivity index (χ1) is 7.78. The Bertz CT molecular complexity index is 461. The van der Waals surface area contributed by atoms with Gasteiger partial charge in [0, 0.05) is 17.7 Å². The lowest BCUT2D eigenvalue weighted by Gasteiger charge is -2.20. The van der Waals surface area contributed by atoms with Crippen LogP contribution in [0.5, 0.6) is 11.5 Å². The highest BCUT2D eigenvalue weighted by molar-refractivity contribution is 6.69. The third-order valence-corrected chi connectivity index (χ3v) is 6.86. The molecule has 0 aromatic heterocycles. The fourth-order valence-corrected chi connectivity index (χ4v) is 4.68. The van der Waals surface area contributed by atoms with Gasteiger partial charge in [-0.3, -0.25) is 0 Å². The largest absolute Gasteiger partial charge is 0.509 e. The van der Waals surface area contributed by atoms with Crippen molar-refractivity contribution in [3.63, 3.8) is 0 Å². The first kappa shape index (κ1) is 9.96. The quantitative estimate of drug-likeness (QED) is 0.726. The second-order valence-corrected chi connectivity index (χ2v) is 8.04. The van der Waals surface area contributed by atoms with Crippen molar-refractivity contribution in [1.82, 2.24) is 0 Å². The molecule has 1 aliphatic heterocycles. The third kappa shape index (κ3) is 1.24. The molecule has 0 fully saturated rings. The molecule has 0 saturated heterocycles. The van der Waals surface area contributed by atoms with Crippen LogP contribution < -0.4 is 8.85 Å². The predicted octanol–water partition coefficient (Wildman–Crippen LogP) is 3.51. The molecule has 0 spiro atoms. The number of fused-ring (bicyclic) bond motifs is 3. The van der Waals surface area contributed by atoms with Gasteiger partial charge in [0.25, 0.3) is 0 Å². The molecule has 1 aliphatic carbocycles. The summed E-state index contributed by atoms with van der Waals surface area (Å²) in [6.45, 7) is 4.33. The normalized spacial score (nSPS) is 18.9. The van der Waals surface area contributed by atoms with Crippen LogP contribution in [0.1, 0.15) is 25.0 Å². The molecule has 2 aliphatic rings. The molecule has 2 nitrogen and oxygen atoms in total. The minimum Gasteiger partial charge on any atom is -0.509 e. The van der Waals surface area contributed by atoms with Crippen LogP contribution in [0.4, 0.5) is 0 Å². The average Bonchev–Trinajstić information content (AvgIpc) is 2.92. The number of rotatable bonds is 2. The monoisotopic (exact) mass is 232 g/mol. The van der Waals surface area contributed by atoms with Crippen molar-refractivity contribution in [3.05, 3.63) is 29.3 Å². The first-order valence-electron chi connectivity index (χ1n) is 5.98. The maximum atomic E-state index is 6.20. The molecule has 3 rings (SSSR count). The van der Waals surface area contributed by atoms with E-state index in [9.17, 15) is 0 Å². The highest BCUT2D eigenvalue weighted by Crippen LogP contribution is 2.45. The van der Waals surface area contributed by atoms with E-state index in [1.165, 1.54) is 11.1 Å². The summed E-state index contributed by atoms with van der Waals surface area (Å²) in [5, 5.41) is 0. The maximum absolute atomic E-state index is 6.20. The summed E-state index contributed by atoms with van der Waals surface area (Å²) in [6, 6.07) is 6.25. The summed E-state index contributed by atoms with van der Waals surface area (Å²) in [5.74, 6) is 1.96. The molecule has 0 unspecified atom stereocenters. The summed E-state index contributed by atoms with van der Waals surface area (Å²) < 4.78 is 12.3. The van der Waals surface area contributed by atoms with E-state index in [2.05, 4.69) is 38.1 Å². The van der Waals surface area contributed by atoms with Crippen LogP contribution in [0.15, 0.2) is 18.2 Å². The van der Waals surface area contributed by atoms with Gasteiger partial charge >= 0.3 is 8.56 Å². The van der Waals surface area contributed by atoms with Gasteiger partial charge in [0.05, 0.1) is 0 Å². The fraction of sp³-hybridized carbons (Fsp3) is 0.385. The van der Waals surface area contributed by atoms with E-state index in [1.54, 1.807) is 0 Å². The van der Waals surface area contributed by atoms with Crippen molar-refractivity contribution in [3.8, 4) is 11.5 Å². The Kier molecular flexibility index (Phi) is 2.11. The zero-order valence-electron chi connectivity index (χ0n) is 9.75. The highest BCUT2D eigenvalue weighted by atomic mass is 28.4. The van der Waals surface area contributed by atoms with Gasteiger partial charge in [0.1, 0.15) is 5.75 Å². The van der Waals surface area contributed by atoms with Gasteiger partial charge in [-0.15, -0.1) is 0 Å². The lowest BCUT2D eigenvalue weighted by molar-refractivity contribution is 0.451. The van der Waals surface area contributed by atoms with E-state index in [4.69, 9.17) is 8.85 Å². The fourth-order valence-electron chi connectivity index (χ4n) is 2.42. The molecule has 1 heterocycles. The maximum Gasteiger partial charge on any atom is 0.460 e. The van der Waals surface area contributed by atoms with Gasteiger partial charge in [-0.05, 0) is 18.1 Å². The zero-order chi connectivity index (χ0) is 11.2. The lowest BCUT2D eigenvalue weighted by atomic mass is 10.1. The van der Waals surface area contributed by atoms with Crippen LogP contribution >= 0.6 is 0 Å². The molecular weight excluding hydrogens is 216 g/mol. The van der Waals surface area contributed by atoms with Crippen molar-refractivity contribution < 1.29 is 8.85 Å². The molecule has 0 atom stereocenters. The van der Waals surface area contributed by atoms with Crippen LogP contribution in [-0.2, 0) is 6.42 Å². The highest BCUT2D eigenvalue weighted by Gasteiger charge is 2.45. The van der Waals surface area contributed by atoms with Crippen molar-refractivity contribution >= 4 is 14.6 Å². The number of benzene rings is 1. The van der Waals surface area contributed by atoms with Crippen LogP contribution in [0, 0.1) is 0 Å². The molecule has 0 amide bonds. The Labute approximate surface area is 97.1 Å². The lowest BCUT2D eigenvalue weighted by Crippen LogP contribution is -2.43. The van der Waals surface area contributed by atoms with Crippen molar-refractivity contribution in [2.45, 2.75) is 32.4 Å². The minimum atomic E-state index is -1.96. The van der Waals surface area contributed by atoms with Crippen LogP contribution in [-0.4, -0.2) is 8.56 Å². The molecule has 0 N–H and O–H groups in total. The number of hydrogen-bond donors (Lipinski definition) is 0.